The van der Waals surface area contributed by atoms with E-state index in [0.717, 1.165) is 17.8 Å². The minimum atomic E-state index is -1.04. The van der Waals surface area contributed by atoms with Gasteiger partial charge in [0.2, 0.25) is 0 Å². The summed E-state index contributed by atoms with van der Waals surface area (Å²) in [5, 5.41) is 8.24. The lowest BCUT2D eigenvalue weighted by atomic mass is 10.1. The Morgan fingerprint density at radius 1 is 1.08 bits per heavy atom. The molecule has 0 amide bonds. The number of rotatable bonds is 5. The van der Waals surface area contributed by atoms with Crippen molar-refractivity contribution in [3.63, 3.8) is 0 Å². The van der Waals surface area contributed by atoms with Crippen molar-refractivity contribution < 1.29 is 13.6 Å². The third-order valence-electron chi connectivity index (χ3n) is 3.67. The quantitative estimate of drug-likeness (QED) is 0.506. The Morgan fingerprint density at radius 2 is 1.80 bits per heavy atom. The van der Waals surface area contributed by atoms with Gasteiger partial charge in [0.1, 0.15) is 5.82 Å². The molecule has 3 aromatic rings. The summed E-state index contributed by atoms with van der Waals surface area (Å²) >= 11 is 1.22. The monoisotopic (exact) mass is 359 g/mol. The van der Waals surface area contributed by atoms with Crippen molar-refractivity contribution in [2.75, 3.05) is 0 Å². The summed E-state index contributed by atoms with van der Waals surface area (Å²) in [5.74, 6) is -1.62. The second-order valence-electron chi connectivity index (χ2n) is 5.45. The zero-order chi connectivity index (χ0) is 18.0. The highest BCUT2D eigenvalue weighted by molar-refractivity contribution is 8.00. The Labute approximate surface area is 147 Å². The van der Waals surface area contributed by atoms with Crippen molar-refractivity contribution >= 4 is 17.5 Å². The van der Waals surface area contributed by atoms with E-state index < -0.39 is 16.9 Å². The van der Waals surface area contributed by atoms with Gasteiger partial charge in [0.25, 0.3) is 0 Å². The van der Waals surface area contributed by atoms with Crippen LogP contribution in [0.1, 0.15) is 23.1 Å². The second kappa shape index (κ2) is 7.14. The van der Waals surface area contributed by atoms with Crippen molar-refractivity contribution in [1.82, 2.24) is 14.8 Å². The van der Waals surface area contributed by atoms with Gasteiger partial charge in [0, 0.05) is 11.3 Å². The van der Waals surface area contributed by atoms with Crippen LogP contribution < -0.4 is 0 Å². The summed E-state index contributed by atoms with van der Waals surface area (Å²) in [6, 6.07) is 12.7. The molecule has 0 spiro atoms. The zero-order valence-electron chi connectivity index (χ0n) is 13.6. The van der Waals surface area contributed by atoms with E-state index in [2.05, 4.69) is 10.2 Å². The van der Waals surface area contributed by atoms with E-state index in [1.165, 1.54) is 17.8 Å². The number of benzene rings is 2. The molecule has 3 rings (SSSR count). The molecule has 7 heteroatoms. The first-order valence-electron chi connectivity index (χ1n) is 7.60. The highest BCUT2D eigenvalue weighted by Crippen LogP contribution is 2.27. The molecule has 128 valence electrons. The molecule has 25 heavy (non-hydrogen) atoms. The Kier molecular flexibility index (Phi) is 4.94. The first kappa shape index (κ1) is 17.3. The third-order valence-corrected chi connectivity index (χ3v) is 4.71. The SMILES string of the molecule is Cc1nnc(SC(C)C(=O)c2ccc(F)c(F)c2)n1-c1ccccc1. The largest absolute Gasteiger partial charge is 0.293 e. The number of ketones is 1. The summed E-state index contributed by atoms with van der Waals surface area (Å²) in [6.45, 7) is 3.53. The average Bonchev–Trinajstić information content (AvgIpc) is 2.97. The fourth-order valence-electron chi connectivity index (χ4n) is 2.39. The minimum absolute atomic E-state index is 0.126. The first-order valence-corrected chi connectivity index (χ1v) is 8.48. The van der Waals surface area contributed by atoms with Crippen LogP contribution in [0, 0.1) is 18.6 Å². The molecule has 1 aromatic heterocycles. The van der Waals surface area contributed by atoms with Gasteiger partial charge < -0.3 is 0 Å². The summed E-state index contributed by atoms with van der Waals surface area (Å²) in [7, 11) is 0. The standard InChI is InChI=1S/C18H15F2N3OS/c1-11(17(24)13-8-9-15(19)16(20)10-13)25-18-22-21-12(2)23(18)14-6-4-3-5-7-14/h3-11H,1-2H3. The Morgan fingerprint density at radius 3 is 2.48 bits per heavy atom. The number of Topliss-reactive ketones (excluding diaryl/α,β-unsaturated/α-hetero) is 1. The molecular formula is C18H15F2N3OS. The number of carbonyl (C=O) groups is 1. The molecule has 0 bridgehead atoms. The number of hydrogen-bond acceptors (Lipinski definition) is 4. The van der Waals surface area contributed by atoms with Crippen LogP contribution in [0.25, 0.3) is 5.69 Å². The van der Waals surface area contributed by atoms with Crippen LogP contribution >= 0.6 is 11.8 Å². The molecule has 0 aliphatic rings. The van der Waals surface area contributed by atoms with Crippen LogP contribution in [-0.4, -0.2) is 25.8 Å². The van der Waals surface area contributed by atoms with Crippen molar-refractivity contribution in [3.8, 4) is 5.69 Å². The van der Waals surface area contributed by atoms with Crippen molar-refractivity contribution in [2.45, 2.75) is 24.3 Å². The maximum atomic E-state index is 13.4. The van der Waals surface area contributed by atoms with Gasteiger partial charge in [0.05, 0.1) is 5.25 Å². The third kappa shape index (κ3) is 3.61. The van der Waals surface area contributed by atoms with Crippen LogP contribution in [0.2, 0.25) is 0 Å². The van der Waals surface area contributed by atoms with Gasteiger partial charge in [-0.3, -0.25) is 9.36 Å². The summed E-state index contributed by atoms with van der Waals surface area (Å²) in [5.41, 5.74) is 1.02. The molecule has 1 unspecified atom stereocenters. The molecule has 1 heterocycles. The normalized spacial score (nSPS) is 12.2. The minimum Gasteiger partial charge on any atom is -0.293 e. The van der Waals surface area contributed by atoms with Gasteiger partial charge in [-0.05, 0) is 44.2 Å². The number of aryl methyl sites for hydroxylation is 1. The van der Waals surface area contributed by atoms with E-state index >= 15 is 0 Å². The van der Waals surface area contributed by atoms with E-state index in [4.69, 9.17) is 0 Å². The van der Waals surface area contributed by atoms with Crippen LogP contribution in [0.5, 0.6) is 0 Å². The van der Waals surface area contributed by atoms with Crippen LogP contribution in [-0.2, 0) is 0 Å². The van der Waals surface area contributed by atoms with Gasteiger partial charge in [-0.2, -0.15) is 0 Å². The van der Waals surface area contributed by atoms with Crippen LogP contribution in [0.4, 0.5) is 8.78 Å². The number of aromatic nitrogens is 3. The molecular weight excluding hydrogens is 344 g/mol. The Hall–Kier alpha value is -2.54. The average molecular weight is 359 g/mol. The summed E-state index contributed by atoms with van der Waals surface area (Å²) in [6.07, 6.45) is 0. The lowest BCUT2D eigenvalue weighted by Crippen LogP contribution is -2.15. The molecule has 0 saturated heterocycles. The number of nitrogens with zero attached hydrogens (tertiary/aromatic N) is 3. The van der Waals surface area contributed by atoms with E-state index in [1.807, 2.05) is 41.8 Å². The van der Waals surface area contributed by atoms with Gasteiger partial charge in [0.15, 0.2) is 22.6 Å². The molecule has 4 nitrogen and oxygen atoms in total. The molecule has 0 aliphatic heterocycles. The van der Waals surface area contributed by atoms with Gasteiger partial charge in [-0.25, -0.2) is 8.78 Å². The zero-order valence-corrected chi connectivity index (χ0v) is 14.4. The second-order valence-corrected chi connectivity index (χ2v) is 6.76. The molecule has 0 N–H and O–H groups in total. The molecule has 0 saturated carbocycles. The van der Waals surface area contributed by atoms with Gasteiger partial charge in [-0.1, -0.05) is 30.0 Å². The van der Waals surface area contributed by atoms with Crippen molar-refractivity contribution in [3.05, 3.63) is 71.6 Å². The first-order chi connectivity index (χ1) is 12.0. The van der Waals surface area contributed by atoms with Gasteiger partial charge >= 0.3 is 0 Å². The topological polar surface area (TPSA) is 47.8 Å². The maximum absolute atomic E-state index is 13.4. The van der Waals surface area contributed by atoms with Crippen molar-refractivity contribution in [1.29, 1.82) is 0 Å². The lowest BCUT2D eigenvalue weighted by molar-refractivity contribution is 0.0993. The number of para-hydroxylation sites is 1. The predicted molar refractivity (Wildman–Crippen MR) is 92.1 cm³/mol. The lowest BCUT2D eigenvalue weighted by Gasteiger charge is -2.12. The smallest absolute Gasteiger partial charge is 0.196 e. The summed E-state index contributed by atoms with van der Waals surface area (Å²) < 4.78 is 28.2. The number of thioether (sulfide) groups is 1. The maximum Gasteiger partial charge on any atom is 0.196 e. The molecule has 0 aliphatic carbocycles. The number of carbonyl (C=O) groups excluding carboxylic acids is 1. The highest BCUT2D eigenvalue weighted by atomic mass is 32.2. The van der Waals surface area contributed by atoms with Crippen molar-refractivity contribution in [2.24, 2.45) is 0 Å². The van der Waals surface area contributed by atoms with E-state index in [9.17, 15) is 13.6 Å². The summed E-state index contributed by atoms with van der Waals surface area (Å²) in [4.78, 5) is 12.5. The van der Waals surface area contributed by atoms with E-state index in [1.54, 1.807) is 6.92 Å². The number of halogens is 2. The van der Waals surface area contributed by atoms with Crippen LogP contribution in [0.15, 0.2) is 53.7 Å². The van der Waals surface area contributed by atoms with Crippen LogP contribution in [0.3, 0.4) is 0 Å². The van der Waals surface area contributed by atoms with E-state index in [0.29, 0.717) is 11.0 Å². The molecule has 0 radical (unpaired) electrons. The molecule has 2 aromatic carbocycles. The van der Waals surface area contributed by atoms with Gasteiger partial charge in [-0.15, -0.1) is 10.2 Å². The Balaban J connectivity index is 1.85. The molecule has 0 fully saturated rings. The fraction of sp³-hybridized carbons (Fsp3) is 0.167. The molecule has 1 atom stereocenters. The highest BCUT2D eigenvalue weighted by Gasteiger charge is 2.22. The Bertz CT molecular complexity index is 912. The van der Waals surface area contributed by atoms with E-state index in [-0.39, 0.29) is 11.3 Å². The fourth-order valence-corrected chi connectivity index (χ4v) is 3.38. The number of hydrogen-bond donors (Lipinski definition) is 0. The predicted octanol–water partition coefficient (Wildman–Crippen LogP) is 4.22.